The van der Waals surface area contributed by atoms with Crippen LogP contribution in [-0.2, 0) is 13.6 Å². The number of pyridine rings is 1. The van der Waals surface area contributed by atoms with E-state index in [1.807, 2.05) is 48.3 Å². The number of halogens is 3. The molecule has 6 heteroatoms. The Bertz CT molecular complexity index is 755. The van der Waals surface area contributed by atoms with Crippen LogP contribution < -0.4 is 28.5 Å². The predicted molar refractivity (Wildman–Crippen MR) is 76.5 cm³/mol. The molecule has 3 rings (SSSR count). The fourth-order valence-electron chi connectivity index (χ4n) is 2.06. The molecular weight excluding hydrogens is 408 g/mol. The van der Waals surface area contributed by atoms with Crippen molar-refractivity contribution in [2.45, 2.75) is 6.54 Å². The van der Waals surface area contributed by atoms with Gasteiger partial charge in [0.1, 0.15) is 6.54 Å². The lowest BCUT2D eigenvalue weighted by molar-refractivity contribution is -0.686. The van der Waals surface area contributed by atoms with Crippen LogP contribution in [0.4, 0.5) is 0 Å². The molecule has 0 saturated carbocycles. The summed E-state index contributed by atoms with van der Waals surface area (Å²) in [5.41, 5.74) is 1.94. The molecule has 0 fully saturated rings. The number of benzene rings is 1. The van der Waals surface area contributed by atoms with Gasteiger partial charge in [0.15, 0.2) is 0 Å². The van der Waals surface area contributed by atoms with Crippen LogP contribution in [0.1, 0.15) is 5.69 Å². The van der Waals surface area contributed by atoms with Crippen molar-refractivity contribution in [2.75, 3.05) is 0 Å². The first-order valence-corrected chi connectivity index (χ1v) is 6.65. The molecule has 0 radical (unpaired) electrons. The van der Waals surface area contributed by atoms with E-state index in [1.54, 1.807) is 4.57 Å². The summed E-state index contributed by atoms with van der Waals surface area (Å²) >= 11 is 12.2. The van der Waals surface area contributed by atoms with Crippen LogP contribution in [0.15, 0.2) is 42.7 Å². The average Bonchev–Trinajstić information content (AvgIpc) is 2.66. The average molecular weight is 420 g/mol. The van der Waals surface area contributed by atoms with E-state index in [0.717, 1.165) is 16.6 Å². The third-order valence-corrected chi connectivity index (χ3v) is 3.97. The number of aryl methyl sites for hydroxylation is 1. The van der Waals surface area contributed by atoms with Crippen molar-refractivity contribution in [3.8, 4) is 0 Å². The lowest BCUT2D eigenvalue weighted by atomic mass is 10.2. The van der Waals surface area contributed by atoms with Crippen LogP contribution in [0.2, 0.25) is 10.3 Å². The number of nitrogens with zero attached hydrogens (tertiary/aromatic N) is 3. The smallest absolute Gasteiger partial charge is 0.255 e. The van der Waals surface area contributed by atoms with Gasteiger partial charge in [0.05, 0.1) is 18.3 Å². The molecular formula is C14H12Cl2IN3. The summed E-state index contributed by atoms with van der Waals surface area (Å²) in [6.45, 7) is 0.601. The zero-order valence-electron chi connectivity index (χ0n) is 10.7. The molecule has 0 saturated heterocycles. The monoisotopic (exact) mass is 419 g/mol. The van der Waals surface area contributed by atoms with Crippen LogP contribution >= 0.6 is 23.2 Å². The van der Waals surface area contributed by atoms with Gasteiger partial charge in [0, 0.05) is 5.39 Å². The normalized spacial score (nSPS) is 10.6. The predicted octanol–water partition coefficient (Wildman–Crippen LogP) is 0.220. The number of hydrogen-bond donors (Lipinski definition) is 0. The minimum Gasteiger partial charge on any atom is -1.00 e. The first kappa shape index (κ1) is 15.5. The fourth-order valence-corrected chi connectivity index (χ4v) is 2.44. The van der Waals surface area contributed by atoms with Crippen LogP contribution in [-0.4, -0.2) is 9.55 Å². The third-order valence-electron chi connectivity index (χ3n) is 3.03. The molecule has 0 aliphatic carbocycles. The molecule has 0 amide bonds. The Balaban J connectivity index is 0.00000147. The molecule has 0 atom stereocenters. The van der Waals surface area contributed by atoms with Crippen LogP contribution in [0, 0.1) is 0 Å². The van der Waals surface area contributed by atoms with E-state index in [-0.39, 0.29) is 24.0 Å². The Morgan fingerprint density at radius 3 is 2.60 bits per heavy atom. The van der Waals surface area contributed by atoms with Crippen molar-refractivity contribution in [1.82, 2.24) is 9.55 Å². The largest absolute Gasteiger partial charge is 1.00 e. The minimum atomic E-state index is 0. The number of aromatic nitrogens is 3. The van der Waals surface area contributed by atoms with Crippen molar-refractivity contribution < 1.29 is 28.5 Å². The van der Waals surface area contributed by atoms with Gasteiger partial charge in [-0.25, -0.2) is 14.1 Å². The third kappa shape index (κ3) is 2.92. The lowest BCUT2D eigenvalue weighted by Gasteiger charge is -2.01. The van der Waals surface area contributed by atoms with E-state index < -0.39 is 0 Å². The minimum absolute atomic E-state index is 0. The number of rotatable bonds is 2. The molecule has 0 bridgehead atoms. The lowest BCUT2D eigenvalue weighted by Crippen LogP contribution is -3.00. The summed E-state index contributed by atoms with van der Waals surface area (Å²) < 4.78 is 3.66. The summed E-state index contributed by atoms with van der Waals surface area (Å²) in [6.07, 6.45) is 1.86. The first-order chi connectivity index (χ1) is 9.15. The molecule has 20 heavy (non-hydrogen) atoms. The van der Waals surface area contributed by atoms with Crippen LogP contribution in [0.25, 0.3) is 10.9 Å². The van der Waals surface area contributed by atoms with E-state index in [4.69, 9.17) is 23.2 Å². The van der Waals surface area contributed by atoms with E-state index in [1.165, 1.54) is 0 Å². The van der Waals surface area contributed by atoms with Crippen molar-refractivity contribution in [1.29, 1.82) is 0 Å². The van der Waals surface area contributed by atoms with Gasteiger partial charge in [-0.1, -0.05) is 24.3 Å². The van der Waals surface area contributed by atoms with Crippen molar-refractivity contribution in [2.24, 2.45) is 7.05 Å². The van der Waals surface area contributed by atoms with Crippen LogP contribution in [0.3, 0.4) is 0 Å². The van der Waals surface area contributed by atoms with E-state index in [2.05, 4.69) is 11.1 Å². The van der Waals surface area contributed by atoms with Gasteiger partial charge >= 0.3 is 0 Å². The Morgan fingerprint density at radius 2 is 1.90 bits per heavy atom. The zero-order chi connectivity index (χ0) is 13.4. The number of hydrogen-bond acceptors (Lipinski definition) is 1. The molecule has 0 aliphatic heterocycles. The molecule has 0 spiro atoms. The first-order valence-electron chi connectivity index (χ1n) is 5.89. The van der Waals surface area contributed by atoms with Crippen LogP contribution in [0.5, 0.6) is 0 Å². The second kappa shape index (κ2) is 6.28. The van der Waals surface area contributed by atoms with Gasteiger partial charge in [-0.05, 0) is 35.3 Å². The molecule has 3 nitrogen and oxygen atoms in total. The Morgan fingerprint density at radius 1 is 1.15 bits per heavy atom. The van der Waals surface area contributed by atoms with Gasteiger partial charge in [-0.3, -0.25) is 0 Å². The van der Waals surface area contributed by atoms with Gasteiger partial charge in [-0.15, -0.1) is 0 Å². The second-order valence-electron chi connectivity index (χ2n) is 4.43. The topological polar surface area (TPSA) is 21.7 Å². The highest BCUT2D eigenvalue weighted by Gasteiger charge is 2.18. The molecule has 104 valence electrons. The summed E-state index contributed by atoms with van der Waals surface area (Å²) in [5.74, 6) is 0. The molecule has 0 aliphatic rings. The molecule has 3 aromatic rings. The molecule has 0 N–H and O–H groups in total. The summed E-state index contributed by atoms with van der Waals surface area (Å²) in [7, 11) is 1.86. The van der Waals surface area contributed by atoms with E-state index >= 15 is 0 Å². The van der Waals surface area contributed by atoms with Gasteiger partial charge in [-0.2, -0.15) is 0 Å². The quantitative estimate of drug-likeness (QED) is 0.430. The van der Waals surface area contributed by atoms with Gasteiger partial charge < -0.3 is 24.0 Å². The molecule has 2 aromatic heterocycles. The molecule has 1 aromatic carbocycles. The second-order valence-corrected chi connectivity index (χ2v) is 5.15. The van der Waals surface area contributed by atoms with E-state index in [9.17, 15) is 0 Å². The highest BCUT2D eigenvalue weighted by atomic mass is 127. The molecule has 2 heterocycles. The van der Waals surface area contributed by atoms with Gasteiger partial charge in [0.2, 0.25) is 6.33 Å². The van der Waals surface area contributed by atoms with Crippen molar-refractivity contribution in [3.05, 3.63) is 58.7 Å². The van der Waals surface area contributed by atoms with Crippen molar-refractivity contribution in [3.63, 3.8) is 0 Å². The maximum Gasteiger partial charge on any atom is 0.255 e. The number of para-hydroxylation sites is 1. The highest BCUT2D eigenvalue weighted by molar-refractivity contribution is 6.39. The highest BCUT2D eigenvalue weighted by Crippen LogP contribution is 2.17. The Hall–Kier alpha value is -0.850. The maximum atomic E-state index is 6.16. The Kier molecular flexibility index (Phi) is 4.88. The standard InChI is InChI=1S/C14H12Cl2N3.HI/c1-18-9-19(14(16)13(18)15)8-11-7-6-10-4-2-3-5-12(10)17-11;/h2-7,9H,8H2,1H3;1H/q+1;/p-1. The van der Waals surface area contributed by atoms with E-state index in [0.29, 0.717) is 16.9 Å². The Labute approximate surface area is 144 Å². The summed E-state index contributed by atoms with van der Waals surface area (Å²) in [4.78, 5) is 4.62. The number of imidazole rings is 1. The molecule has 0 unspecified atom stereocenters. The number of fused-ring (bicyclic) bond motifs is 1. The fraction of sp³-hybridized carbons (Fsp3) is 0.143. The maximum absolute atomic E-state index is 6.16. The zero-order valence-corrected chi connectivity index (χ0v) is 14.4. The SMILES string of the molecule is Cn1c[n+](Cc2ccc3ccccc3n2)c(Cl)c1Cl.[I-]. The summed E-state index contributed by atoms with van der Waals surface area (Å²) in [6, 6.07) is 12.1. The van der Waals surface area contributed by atoms with Crippen molar-refractivity contribution >= 4 is 34.1 Å². The van der Waals surface area contributed by atoms with Gasteiger partial charge in [0.25, 0.3) is 10.3 Å². The summed E-state index contributed by atoms with van der Waals surface area (Å²) in [5, 5.41) is 2.19.